The van der Waals surface area contributed by atoms with E-state index in [1.807, 2.05) is 42.2 Å². The van der Waals surface area contributed by atoms with Crippen LogP contribution < -0.4 is 11.1 Å². The quantitative estimate of drug-likeness (QED) is 0.462. The molecule has 0 saturated carbocycles. The van der Waals surface area contributed by atoms with Gasteiger partial charge >= 0.3 is 12.2 Å². The summed E-state index contributed by atoms with van der Waals surface area (Å²) in [7, 11) is 0. The molecule has 4 heterocycles. The standard InChI is InChI=1S/C32H40ClN5O5/c1-21-18-22(19-25(33)28(21)34)20-27(29(39)37-14-8-23(9-15-37)36-12-4-5-13-36)42-31(41)38-16-10-32(11-17-38)24-6-2-3-7-26(24)35-30(40)43-32/h2-3,6-7,18-19,23,27H,4-5,8-17,20,34H2,1H3,(H,35,40)/t27-/m1/s1. The van der Waals surface area contributed by atoms with Crippen molar-refractivity contribution in [3.05, 3.63) is 58.1 Å². The molecule has 0 aromatic heterocycles. The van der Waals surface area contributed by atoms with E-state index in [0.717, 1.165) is 48.3 Å². The van der Waals surface area contributed by atoms with E-state index < -0.39 is 23.9 Å². The van der Waals surface area contributed by atoms with Gasteiger partial charge in [0.25, 0.3) is 5.91 Å². The van der Waals surface area contributed by atoms with Crippen LogP contribution in [0.5, 0.6) is 0 Å². The molecule has 0 radical (unpaired) electrons. The van der Waals surface area contributed by atoms with Gasteiger partial charge < -0.3 is 29.9 Å². The molecule has 11 heteroatoms. The van der Waals surface area contributed by atoms with Gasteiger partial charge in [0.2, 0.25) is 0 Å². The second-order valence-electron chi connectivity index (χ2n) is 12.2. The zero-order valence-corrected chi connectivity index (χ0v) is 25.4. The van der Waals surface area contributed by atoms with Gasteiger partial charge in [-0.15, -0.1) is 0 Å². The number of aryl methyl sites for hydroxylation is 1. The van der Waals surface area contributed by atoms with Crippen molar-refractivity contribution in [3.63, 3.8) is 0 Å². The second-order valence-corrected chi connectivity index (χ2v) is 12.6. The summed E-state index contributed by atoms with van der Waals surface area (Å²) >= 11 is 6.37. The first-order valence-electron chi connectivity index (χ1n) is 15.3. The molecule has 0 unspecified atom stereocenters. The van der Waals surface area contributed by atoms with Gasteiger partial charge in [-0.1, -0.05) is 35.9 Å². The van der Waals surface area contributed by atoms with Gasteiger partial charge in [-0.2, -0.15) is 0 Å². The third-order valence-electron chi connectivity index (χ3n) is 9.54. The highest BCUT2D eigenvalue weighted by atomic mass is 35.5. The SMILES string of the molecule is Cc1cc(C[C@@H](OC(=O)N2CCC3(CC2)OC(=O)Nc2ccccc23)C(=O)N2CCC(N3CCCC3)CC2)cc(Cl)c1N. The number of hydrogen-bond acceptors (Lipinski definition) is 7. The number of piperidine rings is 2. The number of fused-ring (bicyclic) bond motifs is 2. The van der Waals surface area contributed by atoms with Gasteiger partial charge in [0, 0.05) is 57.0 Å². The van der Waals surface area contributed by atoms with Crippen molar-refractivity contribution in [1.82, 2.24) is 14.7 Å². The molecule has 2 aromatic carbocycles. The van der Waals surface area contributed by atoms with Crippen molar-refractivity contribution >= 4 is 41.1 Å². The highest BCUT2D eigenvalue weighted by Crippen LogP contribution is 2.43. The molecule has 6 rings (SSSR count). The van der Waals surface area contributed by atoms with Crippen molar-refractivity contribution in [2.24, 2.45) is 0 Å². The van der Waals surface area contributed by atoms with E-state index >= 15 is 0 Å². The summed E-state index contributed by atoms with van der Waals surface area (Å²) < 4.78 is 11.8. The fraction of sp³-hybridized carbons (Fsp3) is 0.531. The Kier molecular flexibility index (Phi) is 8.42. The fourth-order valence-electron chi connectivity index (χ4n) is 7.07. The van der Waals surface area contributed by atoms with Gasteiger partial charge in [-0.3, -0.25) is 10.1 Å². The lowest BCUT2D eigenvalue weighted by molar-refractivity contribution is -0.142. The summed E-state index contributed by atoms with van der Waals surface area (Å²) in [6.07, 6.45) is 3.34. The molecule has 3 amide bonds. The lowest BCUT2D eigenvalue weighted by atomic mass is 9.82. The molecule has 0 bridgehead atoms. The molecule has 230 valence electrons. The number of likely N-dealkylation sites (tertiary alicyclic amines) is 3. The third kappa shape index (κ3) is 6.13. The number of hydrogen-bond donors (Lipinski definition) is 2. The van der Waals surface area contributed by atoms with Crippen molar-refractivity contribution in [2.75, 3.05) is 50.3 Å². The van der Waals surface area contributed by atoms with Crippen LogP contribution in [0.3, 0.4) is 0 Å². The summed E-state index contributed by atoms with van der Waals surface area (Å²) in [6, 6.07) is 11.7. The summed E-state index contributed by atoms with van der Waals surface area (Å²) in [4.78, 5) is 45.7. The van der Waals surface area contributed by atoms with Gasteiger partial charge in [0.15, 0.2) is 6.10 Å². The first-order chi connectivity index (χ1) is 20.7. The summed E-state index contributed by atoms with van der Waals surface area (Å²) in [5, 5.41) is 3.17. The van der Waals surface area contributed by atoms with Crippen LogP contribution in [-0.4, -0.2) is 84.2 Å². The predicted octanol–water partition coefficient (Wildman–Crippen LogP) is 4.92. The minimum Gasteiger partial charge on any atom is -0.438 e. The van der Waals surface area contributed by atoms with Crippen molar-refractivity contribution in [2.45, 2.75) is 69.6 Å². The van der Waals surface area contributed by atoms with E-state index in [2.05, 4.69) is 10.2 Å². The summed E-state index contributed by atoms with van der Waals surface area (Å²) in [6.45, 7) is 6.07. The van der Waals surface area contributed by atoms with Crippen molar-refractivity contribution in [3.8, 4) is 0 Å². The van der Waals surface area contributed by atoms with Gasteiger partial charge in [-0.25, -0.2) is 9.59 Å². The zero-order valence-electron chi connectivity index (χ0n) is 24.6. The van der Waals surface area contributed by atoms with Crippen molar-refractivity contribution < 1.29 is 23.9 Å². The maximum Gasteiger partial charge on any atom is 0.412 e. The van der Waals surface area contributed by atoms with E-state index in [9.17, 15) is 14.4 Å². The lowest BCUT2D eigenvalue weighted by Gasteiger charge is -2.44. The molecule has 1 spiro atoms. The Morgan fingerprint density at radius 2 is 1.77 bits per heavy atom. The van der Waals surface area contributed by atoms with Gasteiger partial charge in [0.05, 0.1) is 16.4 Å². The Morgan fingerprint density at radius 3 is 2.47 bits per heavy atom. The smallest absolute Gasteiger partial charge is 0.412 e. The highest BCUT2D eigenvalue weighted by molar-refractivity contribution is 6.33. The topological polar surface area (TPSA) is 117 Å². The number of halogens is 1. The number of benzene rings is 2. The Bertz CT molecular complexity index is 1360. The number of amides is 3. The maximum atomic E-state index is 13.9. The molecular formula is C32H40ClN5O5. The molecule has 3 saturated heterocycles. The highest BCUT2D eigenvalue weighted by Gasteiger charge is 2.45. The Morgan fingerprint density at radius 1 is 1.07 bits per heavy atom. The largest absolute Gasteiger partial charge is 0.438 e. The molecule has 10 nitrogen and oxygen atoms in total. The number of ether oxygens (including phenoxy) is 2. The number of carbonyl (C=O) groups excluding carboxylic acids is 3. The normalized spacial score (nSPS) is 21.2. The Labute approximate surface area is 257 Å². The Hall–Kier alpha value is -3.50. The van der Waals surface area contributed by atoms with Crippen LogP contribution in [-0.2, 0) is 26.3 Å². The number of rotatable bonds is 5. The number of para-hydroxylation sites is 1. The molecule has 3 fully saturated rings. The van der Waals surface area contributed by atoms with E-state index in [-0.39, 0.29) is 12.3 Å². The van der Waals surface area contributed by atoms with E-state index in [1.165, 1.54) is 12.8 Å². The molecule has 3 N–H and O–H groups in total. The van der Waals surface area contributed by atoms with E-state index in [1.54, 1.807) is 11.0 Å². The van der Waals surface area contributed by atoms with Crippen LogP contribution in [0.15, 0.2) is 36.4 Å². The molecule has 1 atom stereocenters. The molecule has 43 heavy (non-hydrogen) atoms. The maximum absolute atomic E-state index is 13.9. The molecule has 4 aliphatic rings. The minimum absolute atomic E-state index is 0.187. The molecular weight excluding hydrogens is 570 g/mol. The second kappa shape index (κ2) is 12.2. The fourth-order valence-corrected chi connectivity index (χ4v) is 7.36. The average Bonchev–Trinajstić information content (AvgIpc) is 3.55. The van der Waals surface area contributed by atoms with E-state index in [4.69, 9.17) is 26.8 Å². The zero-order chi connectivity index (χ0) is 30.1. The van der Waals surface area contributed by atoms with Gasteiger partial charge in [0.1, 0.15) is 5.60 Å². The van der Waals surface area contributed by atoms with E-state index in [0.29, 0.717) is 55.8 Å². The average molecular weight is 610 g/mol. The number of anilines is 2. The summed E-state index contributed by atoms with van der Waals surface area (Å²) in [5.74, 6) is -0.187. The lowest BCUT2D eigenvalue weighted by Crippen LogP contribution is -2.52. The minimum atomic E-state index is -0.997. The van der Waals surface area contributed by atoms with Crippen LogP contribution in [0.4, 0.5) is 21.0 Å². The first kappa shape index (κ1) is 29.6. The van der Waals surface area contributed by atoms with Crippen LogP contribution in [0.25, 0.3) is 0 Å². The number of nitrogens with one attached hydrogen (secondary N) is 1. The third-order valence-corrected chi connectivity index (χ3v) is 9.85. The predicted molar refractivity (Wildman–Crippen MR) is 164 cm³/mol. The number of nitrogens with two attached hydrogens (primary N) is 1. The van der Waals surface area contributed by atoms with Crippen LogP contribution in [0, 0.1) is 6.92 Å². The van der Waals surface area contributed by atoms with Gasteiger partial charge in [-0.05, 0) is 69.0 Å². The number of carbonyl (C=O) groups is 3. The van der Waals surface area contributed by atoms with Crippen LogP contribution in [0.2, 0.25) is 5.02 Å². The van der Waals surface area contributed by atoms with Crippen LogP contribution in [0.1, 0.15) is 55.2 Å². The van der Waals surface area contributed by atoms with Crippen LogP contribution >= 0.6 is 11.6 Å². The van der Waals surface area contributed by atoms with Crippen molar-refractivity contribution in [1.29, 1.82) is 0 Å². The Balaban J connectivity index is 1.15. The number of nitrogens with zero attached hydrogens (tertiary/aromatic N) is 3. The summed E-state index contributed by atoms with van der Waals surface area (Å²) in [5.41, 5.74) is 8.98. The first-order valence-corrected chi connectivity index (χ1v) is 15.7. The molecule has 0 aliphatic carbocycles. The monoisotopic (exact) mass is 609 g/mol. The molecule has 4 aliphatic heterocycles. The molecule has 2 aromatic rings. The number of nitrogen functional groups attached to an aromatic ring is 1.